The Bertz CT molecular complexity index is 11.6. The van der Waals surface area contributed by atoms with Crippen molar-refractivity contribution in [3.05, 3.63) is 0 Å². The third kappa shape index (κ3) is 21.1. The van der Waals surface area contributed by atoms with Crippen molar-refractivity contribution >= 4 is 0 Å². The van der Waals surface area contributed by atoms with Gasteiger partial charge in [-0.3, -0.25) is 0 Å². The molecule has 0 saturated heterocycles. The van der Waals surface area contributed by atoms with Crippen LogP contribution >= 0.6 is 0 Å². The van der Waals surface area contributed by atoms with Gasteiger partial charge in [-0.05, 0) is 0 Å². The summed E-state index contributed by atoms with van der Waals surface area (Å²) in [6, 6.07) is 0. The van der Waals surface area contributed by atoms with E-state index in [9.17, 15) is 0 Å². The zero-order valence-electron chi connectivity index (χ0n) is 2.46. The SMILES string of the molecule is [Fe+2].[Mn+2].[Na+].[Ni+2].[O-2]. The van der Waals surface area contributed by atoms with Crippen LogP contribution in [0.3, 0.4) is 0 Å². The maximum atomic E-state index is 0. The fourth-order valence-electron chi connectivity index (χ4n) is 0. The molecule has 0 aliphatic heterocycles. The summed E-state index contributed by atoms with van der Waals surface area (Å²) in [4.78, 5) is 0. The van der Waals surface area contributed by atoms with Gasteiger partial charge in [-0.25, -0.2) is 0 Å². The molecule has 0 aliphatic carbocycles. The second kappa shape index (κ2) is 31.5. The minimum Gasteiger partial charge on any atom is -2.00 e. The summed E-state index contributed by atoms with van der Waals surface area (Å²) in [6.45, 7) is 0. The Kier molecular flexibility index (Phi) is 321. The first-order chi connectivity index (χ1) is 0. The molecule has 0 N–H and O–H groups in total. The van der Waals surface area contributed by atoms with Gasteiger partial charge in [0.25, 0.3) is 0 Å². The van der Waals surface area contributed by atoms with Gasteiger partial charge >= 0.3 is 80.2 Å². The molecule has 0 aromatic rings. The van der Waals surface area contributed by atoms with Crippen LogP contribution in [0.2, 0.25) is 0 Å². The maximum Gasteiger partial charge on any atom is 2.00 e. The van der Waals surface area contributed by atoms with E-state index in [1.54, 1.807) is 0 Å². The van der Waals surface area contributed by atoms with Crippen LogP contribution < -0.4 is 29.6 Å². The minimum atomic E-state index is 0. The molecule has 1 nitrogen and oxygen atoms in total. The van der Waals surface area contributed by atoms with Crippen LogP contribution in [-0.2, 0) is 56.1 Å². The molecule has 0 unspecified atom stereocenters. The molecule has 0 amide bonds. The van der Waals surface area contributed by atoms with Gasteiger partial charge in [0.1, 0.15) is 0 Å². The van der Waals surface area contributed by atoms with Gasteiger partial charge in [0.05, 0.1) is 0 Å². The molecule has 27 valence electrons. The minimum absolute atomic E-state index is 0. The average Bonchev–Trinajstić information content (AvgIpc) is 0. The van der Waals surface area contributed by atoms with E-state index < -0.39 is 0 Å². The molecule has 5 heteroatoms. The average molecular weight is 208 g/mol. The van der Waals surface area contributed by atoms with Crippen molar-refractivity contribution in [2.24, 2.45) is 0 Å². The summed E-state index contributed by atoms with van der Waals surface area (Å²) < 4.78 is 0. The van der Waals surface area contributed by atoms with Crippen LogP contribution in [0.4, 0.5) is 0 Å². The predicted octanol–water partition coefficient (Wildman–Crippen LogP) is -3.12. The Morgan fingerprint density at radius 1 is 1.00 bits per heavy atom. The fraction of sp³-hybridized carbons (Fsp3) is 0. The first-order valence-electron chi connectivity index (χ1n) is 0. The third-order valence-corrected chi connectivity index (χ3v) is 0. The molecule has 0 atom stereocenters. The van der Waals surface area contributed by atoms with Gasteiger partial charge in [-0.2, -0.15) is 0 Å². The van der Waals surface area contributed by atoms with Gasteiger partial charge in [-0.15, -0.1) is 0 Å². The van der Waals surface area contributed by atoms with Crippen LogP contribution in [0.15, 0.2) is 0 Å². The Labute approximate surface area is 84.5 Å². The second-order valence-corrected chi connectivity index (χ2v) is 0. The van der Waals surface area contributed by atoms with Crippen molar-refractivity contribution in [1.82, 2.24) is 0 Å². The molecule has 0 bridgehead atoms. The Morgan fingerprint density at radius 2 is 1.00 bits per heavy atom. The zero-order chi connectivity index (χ0) is 0. The van der Waals surface area contributed by atoms with E-state index in [-0.39, 0.29) is 85.7 Å². The molecule has 0 fully saturated rings. The molecular weight excluding hydrogens is 208 g/mol. The van der Waals surface area contributed by atoms with Crippen molar-refractivity contribution in [3.63, 3.8) is 0 Å². The van der Waals surface area contributed by atoms with Crippen LogP contribution in [0.1, 0.15) is 0 Å². The maximum absolute atomic E-state index is 0. The Morgan fingerprint density at radius 3 is 1.00 bits per heavy atom. The molecule has 0 spiro atoms. The largest absolute Gasteiger partial charge is 2.00 e. The van der Waals surface area contributed by atoms with Crippen LogP contribution in [-0.4, -0.2) is 0 Å². The molecule has 0 aromatic carbocycles. The zero-order valence-corrected chi connectivity index (χ0v) is 7.73. The second-order valence-electron chi connectivity index (χ2n) is 0. The van der Waals surface area contributed by atoms with Crippen LogP contribution in [0.5, 0.6) is 0 Å². The Hall–Kier alpha value is 2.49. The summed E-state index contributed by atoms with van der Waals surface area (Å²) in [5, 5.41) is 0. The van der Waals surface area contributed by atoms with E-state index in [0.29, 0.717) is 0 Å². The summed E-state index contributed by atoms with van der Waals surface area (Å²) >= 11 is 0. The van der Waals surface area contributed by atoms with Gasteiger partial charge in [0.15, 0.2) is 0 Å². The van der Waals surface area contributed by atoms with Crippen molar-refractivity contribution < 1.29 is 85.7 Å². The molecule has 0 heterocycles. The standard InChI is InChI=1S/Fe.Mn.Na.Ni.O/q2*+2;+1;+2;-2. The molecule has 5 heavy (non-hydrogen) atoms. The van der Waals surface area contributed by atoms with E-state index in [2.05, 4.69) is 0 Å². The van der Waals surface area contributed by atoms with E-state index in [1.807, 2.05) is 0 Å². The quantitative estimate of drug-likeness (QED) is 0.377. The van der Waals surface area contributed by atoms with Crippen molar-refractivity contribution in [1.29, 1.82) is 0 Å². The Balaban J connectivity index is 0. The smallest absolute Gasteiger partial charge is 2.00 e. The van der Waals surface area contributed by atoms with E-state index >= 15 is 0 Å². The van der Waals surface area contributed by atoms with Crippen molar-refractivity contribution in [2.45, 2.75) is 0 Å². The van der Waals surface area contributed by atoms with Gasteiger partial charge < -0.3 is 5.48 Å². The fourth-order valence-corrected chi connectivity index (χ4v) is 0. The summed E-state index contributed by atoms with van der Waals surface area (Å²) in [5.74, 6) is 0. The predicted molar refractivity (Wildman–Crippen MR) is 0.686 cm³/mol. The summed E-state index contributed by atoms with van der Waals surface area (Å²) in [6.07, 6.45) is 0. The number of hydrogen-bond donors (Lipinski definition) is 0. The van der Waals surface area contributed by atoms with Gasteiger partial charge in [0, 0.05) is 0 Å². The third-order valence-electron chi connectivity index (χ3n) is 0. The first kappa shape index (κ1) is 50.8. The number of hydrogen-bond acceptors (Lipinski definition) is 0. The van der Waals surface area contributed by atoms with E-state index in [4.69, 9.17) is 0 Å². The van der Waals surface area contributed by atoms with Crippen molar-refractivity contribution in [2.75, 3.05) is 0 Å². The molecule has 0 rings (SSSR count). The van der Waals surface area contributed by atoms with Crippen molar-refractivity contribution in [3.8, 4) is 0 Å². The van der Waals surface area contributed by atoms with Crippen LogP contribution in [0.25, 0.3) is 0 Å². The monoisotopic (exact) mass is 208 g/mol. The van der Waals surface area contributed by atoms with Gasteiger partial charge in [-0.1, -0.05) is 0 Å². The first-order valence-corrected chi connectivity index (χ1v) is 0. The van der Waals surface area contributed by atoms with Crippen LogP contribution in [0, 0.1) is 0 Å². The van der Waals surface area contributed by atoms with E-state index in [0.717, 1.165) is 0 Å². The molecule has 0 saturated carbocycles. The molecule has 1 radical (unpaired) electrons. The molecular formula is FeMnNaNiO+5. The normalized spacial score (nSPS) is 0. The number of rotatable bonds is 0. The molecule has 0 aromatic heterocycles. The summed E-state index contributed by atoms with van der Waals surface area (Å²) in [5.41, 5.74) is 0. The van der Waals surface area contributed by atoms with Gasteiger partial charge in [0.2, 0.25) is 0 Å². The van der Waals surface area contributed by atoms with E-state index in [1.165, 1.54) is 0 Å². The topological polar surface area (TPSA) is 28.5 Å². The summed E-state index contributed by atoms with van der Waals surface area (Å²) in [7, 11) is 0. The molecule has 0 aliphatic rings.